The van der Waals surface area contributed by atoms with Gasteiger partial charge in [0.05, 0.1) is 0 Å². The van der Waals surface area contributed by atoms with Crippen LogP contribution in [-0.2, 0) is 13.1 Å². The van der Waals surface area contributed by atoms with Gasteiger partial charge in [-0.15, -0.1) is 0 Å². The molecule has 0 spiro atoms. The summed E-state index contributed by atoms with van der Waals surface area (Å²) in [6, 6.07) is 21.3. The van der Waals surface area contributed by atoms with Gasteiger partial charge in [0.15, 0.2) is 0 Å². The third-order valence-electron chi connectivity index (χ3n) is 4.72. The zero-order chi connectivity index (χ0) is 18.0. The summed E-state index contributed by atoms with van der Waals surface area (Å²) in [7, 11) is 0. The van der Waals surface area contributed by atoms with Gasteiger partial charge >= 0.3 is 0 Å². The fourth-order valence-corrected chi connectivity index (χ4v) is 3.43. The van der Waals surface area contributed by atoms with Crippen LogP contribution in [0.2, 0.25) is 0 Å². The van der Waals surface area contributed by atoms with Crippen molar-refractivity contribution < 1.29 is 0 Å². The van der Waals surface area contributed by atoms with Crippen molar-refractivity contribution in [1.82, 2.24) is 10.6 Å². The zero-order valence-corrected chi connectivity index (χ0v) is 16.1. The number of hydrogen-bond acceptors (Lipinski definition) is 2. The van der Waals surface area contributed by atoms with Crippen LogP contribution >= 0.6 is 0 Å². The lowest BCUT2D eigenvalue weighted by Gasteiger charge is -2.28. The molecule has 2 nitrogen and oxygen atoms in total. The third kappa shape index (κ3) is 8.33. The standard InChI is InChI=1S/C23H34N2/c1-20(17-25-19-22-12-8-5-9-13-22)16-23(2,3)14-15-24-18-21-10-6-4-7-11-21/h4-13,20,24-25H,14-19H2,1-3H3. The van der Waals surface area contributed by atoms with E-state index in [1.807, 2.05) is 0 Å². The van der Waals surface area contributed by atoms with E-state index in [0.717, 1.165) is 26.2 Å². The molecule has 0 aliphatic carbocycles. The van der Waals surface area contributed by atoms with Crippen molar-refractivity contribution in [1.29, 1.82) is 0 Å². The van der Waals surface area contributed by atoms with Gasteiger partial charge in [0.2, 0.25) is 0 Å². The van der Waals surface area contributed by atoms with Crippen molar-refractivity contribution >= 4 is 0 Å². The smallest absolute Gasteiger partial charge is 0.0205 e. The van der Waals surface area contributed by atoms with Crippen LogP contribution in [0, 0.1) is 11.3 Å². The van der Waals surface area contributed by atoms with Crippen molar-refractivity contribution in [3.05, 3.63) is 71.8 Å². The van der Waals surface area contributed by atoms with E-state index < -0.39 is 0 Å². The Hall–Kier alpha value is -1.64. The average molecular weight is 339 g/mol. The Morgan fingerprint density at radius 2 is 1.32 bits per heavy atom. The molecule has 1 unspecified atom stereocenters. The normalized spacial score (nSPS) is 12.9. The predicted molar refractivity (Wildman–Crippen MR) is 108 cm³/mol. The summed E-state index contributed by atoms with van der Waals surface area (Å²) < 4.78 is 0. The number of nitrogens with one attached hydrogen (secondary N) is 2. The van der Waals surface area contributed by atoms with Crippen LogP contribution in [0.4, 0.5) is 0 Å². The SMILES string of the molecule is CC(CNCc1ccccc1)CC(C)(C)CCNCc1ccccc1. The van der Waals surface area contributed by atoms with Crippen LogP contribution in [-0.4, -0.2) is 13.1 Å². The van der Waals surface area contributed by atoms with E-state index >= 15 is 0 Å². The van der Waals surface area contributed by atoms with Crippen molar-refractivity contribution in [2.45, 2.75) is 46.7 Å². The minimum atomic E-state index is 0.373. The first-order valence-electron chi connectivity index (χ1n) is 9.54. The highest BCUT2D eigenvalue weighted by molar-refractivity contribution is 5.14. The van der Waals surface area contributed by atoms with Crippen LogP contribution in [0.3, 0.4) is 0 Å². The number of hydrogen-bond donors (Lipinski definition) is 2. The van der Waals surface area contributed by atoms with Gasteiger partial charge < -0.3 is 10.6 Å². The molecule has 0 saturated carbocycles. The van der Waals surface area contributed by atoms with Crippen LogP contribution in [0.25, 0.3) is 0 Å². The summed E-state index contributed by atoms with van der Waals surface area (Å²) in [5, 5.41) is 7.18. The highest BCUT2D eigenvalue weighted by Crippen LogP contribution is 2.28. The van der Waals surface area contributed by atoms with Gasteiger partial charge in [-0.2, -0.15) is 0 Å². The summed E-state index contributed by atoms with van der Waals surface area (Å²) in [6.07, 6.45) is 2.46. The van der Waals surface area contributed by atoms with Crippen molar-refractivity contribution in [2.75, 3.05) is 13.1 Å². The van der Waals surface area contributed by atoms with Crippen molar-refractivity contribution in [3.8, 4) is 0 Å². The molecular weight excluding hydrogens is 304 g/mol. The molecule has 2 N–H and O–H groups in total. The monoisotopic (exact) mass is 338 g/mol. The van der Waals surface area contributed by atoms with E-state index in [2.05, 4.69) is 92.1 Å². The van der Waals surface area contributed by atoms with Gasteiger partial charge in [-0.05, 0) is 48.4 Å². The fourth-order valence-electron chi connectivity index (χ4n) is 3.43. The summed E-state index contributed by atoms with van der Waals surface area (Å²) in [4.78, 5) is 0. The maximum absolute atomic E-state index is 3.60. The molecule has 136 valence electrons. The lowest BCUT2D eigenvalue weighted by Crippen LogP contribution is -2.28. The summed E-state index contributed by atoms with van der Waals surface area (Å²) in [5.74, 6) is 0.688. The van der Waals surface area contributed by atoms with E-state index in [9.17, 15) is 0 Å². The van der Waals surface area contributed by atoms with E-state index in [4.69, 9.17) is 0 Å². The molecule has 0 amide bonds. The van der Waals surface area contributed by atoms with Crippen LogP contribution in [0.5, 0.6) is 0 Å². The lowest BCUT2D eigenvalue weighted by atomic mass is 9.80. The van der Waals surface area contributed by atoms with Gasteiger partial charge in [0.25, 0.3) is 0 Å². The van der Waals surface area contributed by atoms with E-state index in [0.29, 0.717) is 11.3 Å². The Balaban J connectivity index is 1.60. The maximum Gasteiger partial charge on any atom is 0.0205 e. The van der Waals surface area contributed by atoms with Crippen LogP contribution < -0.4 is 10.6 Å². The second-order valence-corrected chi connectivity index (χ2v) is 8.00. The first-order valence-corrected chi connectivity index (χ1v) is 9.54. The predicted octanol–water partition coefficient (Wildman–Crippen LogP) is 5.01. The Morgan fingerprint density at radius 3 is 1.88 bits per heavy atom. The van der Waals surface area contributed by atoms with E-state index in [-0.39, 0.29) is 0 Å². The Bertz CT molecular complexity index is 578. The Labute approximate surface area is 154 Å². The molecule has 0 heterocycles. The van der Waals surface area contributed by atoms with Crippen molar-refractivity contribution in [2.24, 2.45) is 11.3 Å². The lowest BCUT2D eigenvalue weighted by molar-refractivity contribution is 0.249. The largest absolute Gasteiger partial charge is 0.313 e. The van der Waals surface area contributed by atoms with Gasteiger partial charge in [-0.25, -0.2) is 0 Å². The number of rotatable bonds is 11. The van der Waals surface area contributed by atoms with Gasteiger partial charge in [-0.3, -0.25) is 0 Å². The summed E-state index contributed by atoms with van der Waals surface area (Å²) >= 11 is 0. The average Bonchev–Trinajstić information content (AvgIpc) is 2.60. The highest BCUT2D eigenvalue weighted by atomic mass is 14.9. The summed E-state index contributed by atoms with van der Waals surface area (Å²) in [6.45, 7) is 11.2. The molecule has 1 atom stereocenters. The minimum Gasteiger partial charge on any atom is -0.313 e. The molecule has 0 aromatic heterocycles. The topological polar surface area (TPSA) is 24.1 Å². The molecule has 0 aliphatic rings. The van der Waals surface area contributed by atoms with Gasteiger partial charge in [0, 0.05) is 13.1 Å². The molecule has 0 bridgehead atoms. The molecular formula is C23H34N2. The van der Waals surface area contributed by atoms with Gasteiger partial charge in [0.1, 0.15) is 0 Å². The highest BCUT2D eigenvalue weighted by Gasteiger charge is 2.20. The maximum atomic E-state index is 3.60. The summed E-state index contributed by atoms with van der Waals surface area (Å²) in [5.41, 5.74) is 3.09. The Kier molecular flexibility index (Phi) is 8.17. The molecule has 0 fully saturated rings. The molecule has 2 rings (SSSR count). The first kappa shape index (κ1) is 19.7. The first-order chi connectivity index (χ1) is 12.1. The van der Waals surface area contributed by atoms with E-state index in [1.165, 1.54) is 24.0 Å². The minimum absolute atomic E-state index is 0.373. The van der Waals surface area contributed by atoms with Crippen LogP contribution in [0.15, 0.2) is 60.7 Å². The Morgan fingerprint density at radius 1 is 0.800 bits per heavy atom. The number of benzene rings is 2. The molecule has 2 aromatic carbocycles. The second-order valence-electron chi connectivity index (χ2n) is 8.00. The molecule has 0 aliphatic heterocycles. The molecule has 0 saturated heterocycles. The van der Waals surface area contributed by atoms with Crippen LogP contribution in [0.1, 0.15) is 44.7 Å². The quantitative estimate of drug-likeness (QED) is 0.563. The molecule has 2 aromatic rings. The van der Waals surface area contributed by atoms with Crippen molar-refractivity contribution in [3.63, 3.8) is 0 Å². The molecule has 25 heavy (non-hydrogen) atoms. The zero-order valence-electron chi connectivity index (χ0n) is 16.1. The fraction of sp³-hybridized carbons (Fsp3) is 0.478. The van der Waals surface area contributed by atoms with E-state index in [1.54, 1.807) is 0 Å². The molecule has 2 heteroatoms. The second kappa shape index (κ2) is 10.4. The van der Waals surface area contributed by atoms with Gasteiger partial charge in [-0.1, -0.05) is 81.4 Å². The third-order valence-corrected chi connectivity index (χ3v) is 4.72. The molecule has 0 radical (unpaired) electrons.